The van der Waals surface area contributed by atoms with Crippen LogP contribution in [0.25, 0.3) is 0 Å². The molecule has 0 amide bonds. The molecular weight excluding hydrogens is 911 g/mol. The van der Waals surface area contributed by atoms with E-state index in [0.29, 0.717) is 25.0 Å². The summed E-state index contributed by atoms with van der Waals surface area (Å²) in [6.07, 6.45) is 36.0. The van der Waals surface area contributed by atoms with Crippen molar-refractivity contribution in [3.63, 3.8) is 0 Å². The number of aromatic nitrogens is 2. The van der Waals surface area contributed by atoms with Gasteiger partial charge in [0.1, 0.15) is 18.1 Å². The molecule has 1 aromatic rings. The standard InChI is InChI=1S/C46H87N3O11P2S.2Na/c1-3-5-7-9-11-13-15-17-18-19-21-23-25-27-29-31-37-63-40-42(59-45(50)32-30-28-26-24-22-20-16-14-12-10-8-6-4-2)39-57-62(54,55)60-61(52,53)56-38-41-33-34-44(58-41)49-36-35-43(47)48-46(49)51;;/h35-36,41-42,44H,3-34,37-40H2,1-2H3,(H,52,53)(H,54,55)(H2,47,48,51);;/q;2*+1/p-2/t41-,42?,44+;;/m0../s1. The molecule has 2 N–H and O–H groups in total. The molecule has 368 valence electrons. The zero-order chi connectivity index (χ0) is 45.9. The Hall–Kier alpha value is 0.720. The molecule has 0 aromatic carbocycles. The van der Waals surface area contributed by atoms with Crippen LogP contribution in [0.5, 0.6) is 0 Å². The Balaban J connectivity index is 0.0000205. The summed E-state index contributed by atoms with van der Waals surface area (Å²) in [5.41, 5.74) is 4.92. The first kappa shape index (κ1) is 65.7. The van der Waals surface area contributed by atoms with Gasteiger partial charge in [0.2, 0.25) is 0 Å². The van der Waals surface area contributed by atoms with Crippen LogP contribution >= 0.6 is 27.4 Å². The van der Waals surface area contributed by atoms with E-state index in [1.165, 1.54) is 165 Å². The number of phosphoric ester groups is 2. The summed E-state index contributed by atoms with van der Waals surface area (Å²) in [5, 5.41) is 0. The fraction of sp³-hybridized carbons (Fsp3) is 0.891. The molecular formula is C46H85N3Na2O11P2S. The quantitative estimate of drug-likeness (QED) is 0.0351. The van der Waals surface area contributed by atoms with Gasteiger partial charge in [0, 0.05) is 18.4 Å². The number of carbonyl (C=O) groups excluding carboxylic acids is 1. The molecule has 5 atom stereocenters. The maximum Gasteiger partial charge on any atom is 1.00 e. The number of esters is 1. The Morgan fingerprint density at radius 1 is 0.738 bits per heavy atom. The van der Waals surface area contributed by atoms with Crippen LogP contribution in [0.3, 0.4) is 0 Å². The van der Waals surface area contributed by atoms with Gasteiger partial charge in [-0.1, -0.05) is 187 Å². The van der Waals surface area contributed by atoms with Crippen molar-refractivity contribution in [1.82, 2.24) is 9.55 Å². The molecule has 1 saturated heterocycles. The molecule has 0 bridgehead atoms. The Morgan fingerprint density at radius 3 is 1.66 bits per heavy atom. The van der Waals surface area contributed by atoms with Gasteiger partial charge in [0.05, 0.1) is 19.3 Å². The minimum absolute atomic E-state index is 0. The van der Waals surface area contributed by atoms with Crippen molar-refractivity contribution >= 4 is 39.2 Å². The Morgan fingerprint density at radius 2 is 1.18 bits per heavy atom. The van der Waals surface area contributed by atoms with E-state index < -0.39 is 59.0 Å². The number of rotatable bonds is 43. The van der Waals surface area contributed by atoms with Gasteiger partial charge in [-0.15, -0.1) is 0 Å². The van der Waals surface area contributed by atoms with Crippen LogP contribution in [0, 0.1) is 0 Å². The Kier molecular flexibility index (Phi) is 42.9. The number of unbranched alkanes of at least 4 members (excludes halogenated alkanes) is 27. The predicted octanol–water partition coefficient (Wildman–Crippen LogP) is 5.89. The van der Waals surface area contributed by atoms with Gasteiger partial charge in [-0.25, -0.2) is 9.11 Å². The summed E-state index contributed by atoms with van der Waals surface area (Å²) >= 11 is 1.55. The number of hydrogen-bond acceptors (Lipinski definition) is 14. The van der Waals surface area contributed by atoms with Crippen LogP contribution in [-0.2, 0) is 36.8 Å². The smallest absolute Gasteiger partial charge is 0.756 e. The van der Waals surface area contributed by atoms with Crippen LogP contribution in [0.4, 0.5) is 5.82 Å². The maximum atomic E-state index is 12.8. The molecule has 1 aliphatic rings. The molecule has 2 heterocycles. The predicted molar refractivity (Wildman–Crippen MR) is 251 cm³/mol. The van der Waals surface area contributed by atoms with E-state index in [0.717, 1.165) is 37.9 Å². The van der Waals surface area contributed by atoms with Gasteiger partial charge in [0.15, 0.2) is 0 Å². The molecule has 1 aliphatic heterocycles. The van der Waals surface area contributed by atoms with Gasteiger partial charge in [0.25, 0.3) is 15.6 Å². The normalized spacial score (nSPS) is 17.2. The van der Waals surface area contributed by atoms with Gasteiger partial charge in [-0.3, -0.25) is 18.5 Å². The summed E-state index contributed by atoms with van der Waals surface area (Å²) in [7, 11) is -10.8. The first-order valence-electron chi connectivity index (χ1n) is 24.8. The van der Waals surface area contributed by atoms with Crippen LogP contribution in [0.1, 0.15) is 226 Å². The van der Waals surface area contributed by atoms with Crippen molar-refractivity contribution in [3.05, 3.63) is 22.7 Å². The summed E-state index contributed by atoms with van der Waals surface area (Å²) in [6.45, 7) is 3.37. The van der Waals surface area contributed by atoms with E-state index in [4.69, 9.17) is 24.3 Å². The number of nitrogens with zero attached hydrogens (tertiary/aromatic N) is 2. The molecule has 1 fully saturated rings. The van der Waals surface area contributed by atoms with E-state index >= 15 is 0 Å². The Bertz CT molecular complexity index is 1470. The van der Waals surface area contributed by atoms with E-state index in [1.54, 1.807) is 11.8 Å². The average Bonchev–Trinajstić information content (AvgIpc) is 3.71. The average molecular weight is 996 g/mol. The number of thioether (sulfide) groups is 1. The third-order valence-corrected chi connectivity index (χ3v) is 15.2. The zero-order valence-corrected chi connectivity index (χ0v) is 47.7. The number of ether oxygens (including phenoxy) is 2. The fourth-order valence-corrected chi connectivity index (χ4v) is 10.8. The molecule has 0 spiro atoms. The van der Waals surface area contributed by atoms with Crippen LogP contribution in [0.2, 0.25) is 0 Å². The summed E-state index contributed by atoms with van der Waals surface area (Å²) < 4.78 is 51.9. The monoisotopic (exact) mass is 996 g/mol. The number of carbonyl (C=O) groups is 1. The first-order chi connectivity index (χ1) is 30.4. The second-order valence-electron chi connectivity index (χ2n) is 17.4. The van der Waals surface area contributed by atoms with Crippen molar-refractivity contribution in [2.24, 2.45) is 0 Å². The Labute approximate surface area is 441 Å². The summed E-state index contributed by atoms with van der Waals surface area (Å²) in [5.74, 6) is 0.720. The van der Waals surface area contributed by atoms with Crippen molar-refractivity contribution in [2.75, 3.05) is 30.5 Å². The van der Waals surface area contributed by atoms with Crippen molar-refractivity contribution in [1.29, 1.82) is 0 Å². The third-order valence-electron chi connectivity index (χ3n) is 11.5. The molecule has 0 saturated carbocycles. The van der Waals surface area contributed by atoms with E-state index in [-0.39, 0.29) is 71.4 Å². The summed E-state index contributed by atoms with van der Waals surface area (Å²) in [4.78, 5) is 53.9. The number of phosphoric acid groups is 2. The second-order valence-corrected chi connectivity index (χ2v) is 21.5. The van der Waals surface area contributed by atoms with Crippen LogP contribution in [-0.4, -0.2) is 52.4 Å². The molecule has 2 rings (SSSR count). The first-order valence-corrected chi connectivity index (χ1v) is 28.9. The number of nitrogen functional groups attached to an aromatic ring is 1. The van der Waals surface area contributed by atoms with E-state index in [9.17, 15) is 28.5 Å². The fourth-order valence-electron chi connectivity index (χ4n) is 7.79. The molecule has 3 unspecified atom stereocenters. The minimum atomic E-state index is -5.43. The summed E-state index contributed by atoms with van der Waals surface area (Å²) in [6, 6.07) is 1.44. The van der Waals surface area contributed by atoms with E-state index in [2.05, 4.69) is 23.1 Å². The number of hydrogen-bond donors (Lipinski definition) is 1. The van der Waals surface area contributed by atoms with Crippen LogP contribution < -0.4 is 80.3 Å². The van der Waals surface area contributed by atoms with Gasteiger partial charge in [-0.05, 0) is 37.5 Å². The minimum Gasteiger partial charge on any atom is -0.756 e. The molecule has 65 heavy (non-hydrogen) atoms. The van der Waals surface area contributed by atoms with E-state index in [1.807, 2.05) is 0 Å². The molecule has 19 heteroatoms. The van der Waals surface area contributed by atoms with Crippen molar-refractivity contribution < 1.29 is 106 Å². The van der Waals surface area contributed by atoms with Gasteiger partial charge < -0.3 is 34.0 Å². The topological polar surface area (TPSA) is 204 Å². The molecule has 0 radical (unpaired) electrons. The molecule has 1 aromatic heterocycles. The third kappa shape index (κ3) is 36.3. The zero-order valence-electron chi connectivity index (χ0n) is 41.1. The van der Waals surface area contributed by atoms with Crippen molar-refractivity contribution in [2.45, 2.75) is 238 Å². The number of nitrogens with two attached hydrogens (primary N) is 1. The second kappa shape index (κ2) is 42.4. The van der Waals surface area contributed by atoms with Crippen LogP contribution in [0.15, 0.2) is 17.1 Å². The molecule has 14 nitrogen and oxygen atoms in total. The number of anilines is 1. The van der Waals surface area contributed by atoms with Crippen molar-refractivity contribution in [3.8, 4) is 0 Å². The maximum absolute atomic E-state index is 12.8. The largest absolute Gasteiger partial charge is 1.00 e. The SMILES string of the molecule is CCCCCCCCCCCCCCCCCCSCC(COP(=O)([O-])OP(=O)([O-])OC[C@@H]1CC[C@H](n2ccc(N)nc2=O)O1)OC(=O)CCCCCCCCCCCCCCC.[Na+].[Na+]. The van der Waals surface area contributed by atoms with Gasteiger partial charge in [-0.2, -0.15) is 16.7 Å². The molecule has 0 aliphatic carbocycles. The van der Waals surface area contributed by atoms with Gasteiger partial charge >= 0.3 is 70.8 Å².